The average Bonchev–Trinajstić information content (AvgIpc) is 2.90. The molecule has 0 spiro atoms. The van der Waals surface area contributed by atoms with E-state index in [1.54, 1.807) is 6.07 Å². The van der Waals surface area contributed by atoms with E-state index in [1.807, 2.05) is 17.0 Å². The van der Waals surface area contributed by atoms with Crippen LogP contribution in [-0.2, 0) is 11.2 Å². The highest BCUT2D eigenvalue weighted by atomic mass is 35.5. The van der Waals surface area contributed by atoms with Gasteiger partial charge in [-0.15, -0.1) is 0 Å². The zero-order chi connectivity index (χ0) is 13.7. The van der Waals surface area contributed by atoms with Gasteiger partial charge >= 0.3 is 0 Å². The molecule has 104 valence electrons. The van der Waals surface area contributed by atoms with Gasteiger partial charge < -0.3 is 10.2 Å². The first-order chi connectivity index (χ1) is 9.16. The van der Waals surface area contributed by atoms with E-state index in [0.29, 0.717) is 16.6 Å². The molecule has 5 heteroatoms. The Morgan fingerprint density at radius 2 is 2.00 bits per heavy atom. The molecule has 0 radical (unpaired) electrons. The van der Waals surface area contributed by atoms with Crippen LogP contribution in [0.3, 0.4) is 0 Å². The Balaban J connectivity index is 1.70. The summed E-state index contributed by atoms with van der Waals surface area (Å²) in [5.41, 5.74) is 1.05. The highest BCUT2D eigenvalue weighted by molar-refractivity contribution is 6.35. The lowest BCUT2D eigenvalue weighted by molar-refractivity contribution is -0.129. The van der Waals surface area contributed by atoms with Crippen LogP contribution in [0.15, 0.2) is 18.2 Å². The second kappa shape index (κ2) is 7.13. The number of hydrogen-bond acceptors (Lipinski definition) is 2. The van der Waals surface area contributed by atoms with E-state index in [9.17, 15) is 4.79 Å². The molecule has 19 heavy (non-hydrogen) atoms. The average molecular weight is 301 g/mol. The van der Waals surface area contributed by atoms with Gasteiger partial charge in [-0.25, -0.2) is 0 Å². The summed E-state index contributed by atoms with van der Waals surface area (Å²) in [4.78, 5) is 13.7. The molecule has 0 bridgehead atoms. The number of hydrogen-bond donors (Lipinski definition) is 1. The van der Waals surface area contributed by atoms with Gasteiger partial charge in [0.25, 0.3) is 0 Å². The molecule has 0 aromatic heterocycles. The number of amides is 1. The molecule has 1 aliphatic heterocycles. The first-order valence-electron chi connectivity index (χ1n) is 6.59. The molecule has 0 aliphatic carbocycles. The van der Waals surface area contributed by atoms with Crippen LogP contribution < -0.4 is 5.32 Å². The molecular weight excluding hydrogens is 283 g/mol. The number of carbonyl (C=O) groups is 1. The van der Waals surface area contributed by atoms with Crippen LogP contribution in [0.25, 0.3) is 0 Å². The third kappa shape index (κ3) is 4.37. The highest BCUT2D eigenvalue weighted by Crippen LogP contribution is 2.21. The minimum Gasteiger partial charge on any atom is -0.342 e. The molecule has 1 aromatic carbocycles. The van der Waals surface area contributed by atoms with E-state index in [1.165, 1.54) is 0 Å². The number of halogens is 2. The summed E-state index contributed by atoms with van der Waals surface area (Å²) in [5.74, 6) is 0.194. The first-order valence-corrected chi connectivity index (χ1v) is 7.35. The van der Waals surface area contributed by atoms with Gasteiger partial charge in [0.2, 0.25) is 5.91 Å². The standard InChI is InChI=1S/C14H18Cl2N2O/c15-12-4-3-11(13(16)9-12)5-6-17-10-14(19)18-7-1-2-8-18/h3-4,9,17H,1-2,5-8,10H2. The van der Waals surface area contributed by atoms with E-state index in [0.717, 1.165) is 44.5 Å². The van der Waals surface area contributed by atoms with Crippen LogP contribution in [-0.4, -0.2) is 37.0 Å². The molecule has 1 saturated heterocycles. The van der Waals surface area contributed by atoms with Gasteiger partial charge in [0.15, 0.2) is 0 Å². The molecule has 1 heterocycles. The van der Waals surface area contributed by atoms with Gasteiger partial charge in [0.1, 0.15) is 0 Å². The molecule has 1 amide bonds. The molecule has 0 atom stereocenters. The number of nitrogens with zero attached hydrogens (tertiary/aromatic N) is 1. The molecule has 1 fully saturated rings. The lowest BCUT2D eigenvalue weighted by atomic mass is 10.1. The highest BCUT2D eigenvalue weighted by Gasteiger charge is 2.16. The van der Waals surface area contributed by atoms with Gasteiger partial charge in [-0.3, -0.25) is 4.79 Å². The summed E-state index contributed by atoms with van der Waals surface area (Å²) in [7, 11) is 0. The van der Waals surface area contributed by atoms with Crippen LogP contribution >= 0.6 is 23.2 Å². The maximum Gasteiger partial charge on any atom is 0.236 e. The van der Waals surface area contributed by atoms with Crippen molar-refractivity contribution in [3.8, 4) is 0 Å². The maximum absolute atomic E-state index is 11.8. The predicted molar refractivity (Wildman–Crippen MR) is 78.8 cm³/mol. The van der Waals surface area contributed by atoms with Gasteiger partial charge in [-0.1, -0.05) is 29.3 Å². The number of benzene rings is 1. The summed E-state index contributed by atoms with van der Waals surface area (Å²) in [5, 5.41) is 4.49. The molecule has 3 nitrogen and oxygen atoms in total. The van der Waals surface area contributed by atoms with Crippen molar-refractivity contribution in [2.24, 2.45) is 0 Å². The Bertz CT molecular complexity index is 445. The van der Waals surface area contributed by atoms with Crippen LogP contribution in [0.1, 0.15) is 18.4 Å². The zero-order valence-electron chi connectivity index (χ0n) is 10.8. The zero-order valence-corrected chi connectivity index (χ0v) is 12.3. The number of rotatable bonds is 5. The smallest absolute Gasteiger partial charge is 0.236 e. The number of carbonyl (C=O) groups excluding carboxylic acids is 1. The van der Waals surface area contributed by atoms with Gasteiger partial charge in [-0.2, -0.15) is 0 Å². The summed E-state index contributed by atoms with van der Waals surface area (Å²) in [6, 6.07) is 5.50. The molecular formula is C14H18Cl2N2O. The van der Waals surface area contributed by atoms with Crippen molar-refractivity contribution >= 4 is 29.1 Å². The van der Waals surface area contributed by atoms with E-state index in [2.05, 4.69) is 5.32 Å². The Hall–Kier alpha value is -0.770. The third-order valence-electron chi connectivity index (χ3n) is 3.32. The Morgan fingerprint density at radius 3 is 2.68 bits per heavy atom. The maximum atomic E-state index is 11.8. The van der Waals surface area contributed by atoms with Crippen LogP contribution in [0.2, 0.25) is 10.0 Å². The van der Waals surface area contributed by atoms with Crippen molar-refractivity contribution < 1.29 is 4.79 Å². The first kappa shape index (κ1) is 14.6. The molecule has 2 rings (SSSR count). The summed E-state index contributed by atoms with van der Waals surface area (Å²) in [6.45, 7) is 2.96. The predicted octanol–water partition coefficient (Wildman–Crippen LogP) is 2.75. The monoisotopic (exact) mass is 300 g/mol. The van der Waals surface area contributed by atoms with Crippen LogP contribution in [0, 0.1) is 0 Å². The van der Waals surface area contributed by atoms with Gasteiger partial charge in [0.05, 0.1) is 6.54 Å². The molecule has 0 saturated carbocycles. The summed E-state index contributed by atoms with van der Waals surface area (Å²) < 4.78 is 0. The molecule has 1 aliphatic rings. The largest absolute Gasteiger partial charge is 0.342 e. The fraction of sp³-hybridized carbons (Fsp3) is 0.500. The lowest BCUT2D eigenvalue weighted by Crippen LogP contribution is -2.36. The van der Waals surface area contributed by atoms with Crippen molar-refractivity contribution in [1.29, 1.82) is 0 Å². The second-order valence-corrected chi connectivity index (χ2v) is 5.59. The fourth-order valence-electron chi connectivity index (χ4n) is 2.22. The van der Waals surface area contributed by atoms with E-state index in [4.69, 9.17) is 23.2 Å². The van der Waals surface area contributed by atoms with E-state index in [-0.39, 0.29) is 5.91 Å². The fourth-order valence-corrected chi connectivity index (χ4v) is 2.72. The Morgan fingerprint density at radius 1 is 1.26 bits per heavy atom. The Labute approximate surface area is 123 Å². The summed E-state index contributed by atoms with van der Waals surface area (Å²) in [6.07, 6.45) is 3.06. The SMILES string of the molecule is O=C(CNCCc1ccc(Cl)cc1Cl)N1CCCC1. The Kier molecular flexibility index (Phi) is 5.49. The lowest BCUT2D eigenvalue weighted by Gasteiger charge is -2.15. The van der Waals surface area contributed by atoms with Crippen molar-refractivity contribution in [2.75, 3.05) is 26.2 Å². The van der Waals surface area contributed by atoms with E-state index < -0.39 is 0 Å². The topological polar surface area (TPSA) is 32.3 Å². The quantitative estimate of drug-likeness (QED) is 0.848. The minimum atomic E-state index is 0.194. The van der Waals surface area contributed by atoms with Crippen molar-refractivity contribution in [1.82, 2.24) is 10.2 Å². The summed E-state index contributed by atoms with van der Waals surface area (Å²) >= 11 is 11.9. The normalized spacial score (nSPS) is 14.9. The molecule has 0 unspecified atom stereocenters. The number of likely N-dealkylation sites (tertiary alicyclic amines) is 1. The van der Waals surface area contributed by atoms with Crippen molar-refractivity contribution in [3.63, 3.8) is 0 Å². The number of nitrogens with one attached hydrogen (secondary N) is 1. The second-order valence-electron chi connectivity index (χ2n) is 4.75. The van der Waals surface area contributed by atoms with Crippen molar-refractivity contribution in [3.05, 3.63) is 33.8 Å². The molecule has 1 aromatic rings. The van der Waals surface area contributed by atoms with E-state index >= 15 is 0 Å². The molecule has 1 N–H and O–H groups in total. The van der Waals surface area contributed by atoms with Gasteiger partial charge in [-0.05, 0) is 43.5 Å². The van der Waals surface area contributed by atoms with Gasteiger partial charge in [0, 0.05) is 23.1 Å². The van der Waals surface area contributed by atoms with Crippen LogP contribution in [0.4, 0.5) is 0 Å². The van der Waals surface area contributed by atoms with Crippen molar-refractivity contribution in [2.45, 2.75) is 19.3 Å². The van der Waals surface area contributed by atoms with Crippen LogP contribution in [0.5, 0.6) is 0 Å². The third-order valence-corrected chi connectivity index (χ3v) is 3.91. The minimum absolute atomic E-state index is 0.194.